The lowest BCUT2D eigenvalue weighted by molar-refractivity contribution is -0.159. The standard InChI is InChI=1S/C12H18F2N2O2/c13-12(14)4-9(18-11(12)17)6-16-5-8-2-1-3-15-10(8)7-16/h8-10,15H,1-7H2/t8-,9?,10+/m0/s1. The second-order valence-electron chi connectivity index (χ2n) is 5.62. The van der Waals surface area contributed by atoms with Gasteiger partial charge in [-0.1, -0.05) is 0 Å². The molecule has 3 fully saturated rings. The topological polar surface area (TPSA) is 41.6 Å². The molecular formula is C12H18F2N2O2. The van der Waals surface area contributed by atoms with Crippen LogP contribution in [-0.4, -0.2) is 55.1 Å². The quantitative estimate of drug-likeness (QED) is 0.739. The lowest BCUT2D eigenvalue weighted by Gasteiger charge is -2.24. The molecule has 0 aliphatic carbocycles. The van der Waals surface area contributed by atoms with E-state index in [0.29, 0.717) is 18.5 Å². The summed E-state index contributed by atoms with van der Waals surface area (Å²) in [5.74, 6) is -4.02. The highest BCUT2D eigenvalue weighted by atomic mass is 19.3. The number of alkyl halides is 2. The molecule has 18 heavy (non-hydrogen) atoms. The summed E-state index contributed by atoms with van der Waals surface area (Å²) < 4.78 is 30.8. The average molecular weight is 260 g/mol. The van der Waals surface area contributed by atoms with Gasteiger partial charge in [-0.3, -0.25) is 4.90 Å². The Hall–Kier alpha value is -0.750. The van der Waals surface area contributed by atoms with Crippen molar-refractivity contribution in [2.75, 3.05) is 26.2 Å². The number of hydrogen-bond donors (Lipinski definition) is 1. The summed E-state index contributed by atoms with van der Waals surface area (Å²) in [6.07, 6.45) is 1.28. The number of hydrogen-bond acceptors (Lipinski definition) is 4. The van der Waals surface area contributed by atoms with Crippen LogP contribution in [-0.2, 0) is 9.53 Å². The Labute approximate surface area is 105 Å². The maximum Gasteiger partial charge on any atom is 0.377 e. The molecule has 0 bridgehead atoms. The minimum Gasteiger partial charge on any atom is -0.456 e. The zero-order valence-electron chi connectivity index (χ0n) is 10.2. The van der Waals surface area contributed by atoms with Gasteiger partial charge in [0.25, 0.3) is 0 Å². The van der Waals surface area contributed by atoms with Gasteiger partial charge in [0, 0.05) is 25.7 Å². The van der Waals surface area contributed by atoms with Gasteiger partial charge in [0.05, 0.1) is 6.42 Å². The second kappa shape index (κ2) is 4.42. The molecule has 0 spiro atoms. The highest BCUT2D eigenvalue weighted by Gasteiger charge is 2.51. The summed E-state index contributed by atoms with van der Waals surface area (Å²) in [4.78, 5) is 13.1. The Balaban J connectivity index is 1.54. The second-order valence-corrected chi connectivity index (χ2v) is 5.62. The number of carbonyl (C=O) groups is 1. The largest absolute Gasteiger partial charge is 0.456 e. The molecule has 1 N–H and O–H groups in total. The normalized spacial score (nSPS) is 39.7. The highest BCUT2D eigenvalue weighted by molar-refractivity contribution is 5.79. The van der Waals surface area contributed by atoms with Crippen molar-refractivity contribution in [1.82, 2.24) is 10.2 Å². The van der Waals surface area contributed by atoms with Crippen molar-refractivity contribution in [1.29, 1.82) is 0 Å². The fourth-order valence-electron chi connectivity index (χ4n) is 3.32. The Morgan fingerprint density at radius 2 is 2.28 bits per heavy atom. The highest BCUT2D eigenvalue weighted by Crippen LogP contribution is 2.32. The number of cyclic esters (lactones) is 1. The molecule has 102 valence electrons. The van der Waals surface area contributed by atoms with Gasteiger partial charge in [-0.05, 0) is 25.3 Å². The summed E-state index contributed by atoms with van der Waals surface area (Å²) in [6.45, 7) is 3.29. The van der Waals surface area contributed by atoms with E-state index in [2.05, 4.69) is 10.2 Å². The Kier molecular flexibility index (Phi) is 3.02. The molecule has 0 radical (unpaired) electrons. The molecule has 0 aromatic carbocycles. The van der Waals surface area contributed by atoms with Crippen LogP contribution in [0.3, 0.4) is 0 Å². The third-order valence-electron chi connectivity index (χ3n) is 4.19. The molecule has 3 saturated heterocycles. The molecular weight excluding hydrogens is 242 g/mol. The molecule has 3 rings (SSSR count). The van der Waals surface area contributed by atoms with Gasteiger partial charge >= 0.3 is 11.9 Å². The van der Waals surface area contributed by atoms with Gasteiger partial charge in [-0.25, -0.2) is 4.79 Å². The van der Waals surface area contributed by atoms with Crippen molar-refractivity contribution in [3.63, 3.8) is 0 Å². The molecule has 1 unspecified atom stereocenters. The SMILES string of the molecule is O=C1OC(CN2C[C@@H]3CCCN[C@@H]3C2)CC1(F)F. The number of likely N-dealkylation sites (tertiary alicyclic amines) is 1. The fourth-order valence-corrected chi connectivity index (χ4v) is 3.32. The van der Waals surface area contributed by atoms with Crippen molar-refractivity contribution in [2.45, 2.75) is 37.3 Å². The van der Waals surface area contributed by atoms with Crippen LogP contribution >= 0.6 is 0 Å². The van der Waals surface area contributed by atoms with E-state index in [0.717, 1.165) is 19.6 Å². The molecule has 3 heterocycles. The number of rotatable bonds is 2. The lowest BCUT2D eigenvalue weighted by atomic mass is 9.94. The van der Waals surface area contributed by atoms with Crippen LogP contribution in [0.25, 0.3) is 0 Å². The van der Waals surface area contributed by atoms with Crippen molar-refractivity contribution < 1.29 is 18.3 Å². The summed E-state index contributed by atoms with van der Waals surface area (Å²) >= 11 is 0. The molecule has 3 aliphatic heterocycles. The number of nitrogens with zero attached hydrogens (tertiary/aromatic N) is 1. The van der Waals surface area contributed by atoms with Crippen LogP contribution in [0.2, 0.25) is 0 Å². The molecule has 0 amide bonds. The molecule has 6 heteroatoms. The third kappa shape index (κ3) is 2.23. The first-order valence-electron chi connectivity index (χ1n) is 6.59. The number of halogens is 2. The van der Waals surface area contributed by atoms with Gasteiger partial charge in [0.1, 0.15) is 6.10 Å². The van der Waals surface area contributed by atoms with Crippen LogP contribution in [0.4, 0.5) is 8.78 Å². The van der Waals surface area contributed by atoms with Crippen LogP contribution in [0.1, 0.15) is 19.3 Å². The first-order chi connectivity index (χ1) is 8.54. The van der Waals surface area contributed by atoms with Crippen molar-refractivity contribution >= 4 is 5.97 Å². The molecule has 3 aliphatic rings. The number of carbonyl (C=O) groups excluding carboxylic acids is 1. The number of fused-ring (bicyclic) bond motifs is 1. The summed E-state index contributed by atoms with van der Waals surface area (Å²) in [6, 6.07) is 0.483. The van der Waals surface area contributed by atoms with Crippen LogP contribution in [0, 0.1) is 5.92 Å². The third-order valence-corrected chi connectivity index (χ3v) is 4.19. The zero-order chi connectivity index (χ0) is 12.8. The number of esters is 1. The van der Waals surface area contributed by atoms with Crippen molar-refractivity contribution in [3.8, 4) is 0 Å². The molecule has 0 aromatic heterocycles. The van der Waals surface area contributed by atoms with E-state index >= 15 is 0 Å². The van der Waals surface area contributed by atoms with Gasteiger partial charge in [0.15, 0.2) is 0 Å². The first kappa shape index (κ1) is 12.3. The number of piperidine rings is 1. The maximum absolute atomic E-state index is 13.1. The summed E-state index contributed by atoms with van der Waals surface area (Å²) in [5.41, 5.74) is 0. The van der Waals surface area contributed by atoms with E-state index in [1.165, 1.54) is 12.8 Å². The van der Waals surface area contributed by atoms with Gasteiger partial charge in [-0.2, -0.15) is 8.78 Å². The molecule has 0 aromatic rings. The maximum atomic E-state index is 13.1. The zero-order valence-corrected chi connectivity index (χ0v) is 10.2. The predicted molar refractivity (Wildman–Crippen MR) is 60.4 cm³/mol. The van der Waals surface area contributed by atoms with E-state index < -0.39 is 24.4 Å². The minimum absolute atomic E-state index is 0.440. The summed E-state index contributed by atoms with van der Waals surface area (Å²) in [5, 5.41) is 3.46. The Morgan fingerprint density at radius 1 is 1.44 bits per heavy atom. The summed E-state index contributed by atoms with van der Waals surface area (Å²) in [7, 11) is 0. The van der Waals surface area contributed by atoms with Crippen LogP contribution < -0.4 is 5.32 Å². The molecule has 3 atom stereocenters. The van der Waals surface area contributed by atoms with Gasteiger partial charge in [0.2, 0.25) is 0 Å². The van der Waals surface area contributed by atoms with Crippen LogP contribution in [0.15, 0.2) is 0 Å². The smallest absolute Gasteiger partial charge is 0.377 e. The monoisotopic (exact) mass is 260 g/mol. The fraction of sp³-hybridized carbons (Fsp3) is 0.917. The predicted octanol–water partition coefficient (Wildman–Crippen LogP) is 0.621. The van der Waals surface area contributed by atoms with E-state index in [9.17, 15) is 13.6 Å². The van der Waals surface area contributed by atoms with Gasteiger partial charge < -0.3 is 10.1 Å². The van der Waals surface area contributed by atoms with E-state index in [1.807, 2.05) is 0 Å². The Morgan fingerprint density at radius 3 is 2.94 bits per heavy atom. The first-order valence-corrected chi connectivity index (χ1v) is 6.59. The average Bonchev–Trinajstić information content (AvgIpc) is 2.79. The minimum atomic E-state index is -3.28. The van der Waals surface area contributed by atoms with Crippen molar-refractivity contribution in [2.24, 2.45) is 5.92 Å². The Bertz CT molecular complexity index is 337. The van der Waals surface area contributed by atoms with Gasteiger partial charge in [-0.15, -0.1) is 0 Å². The molecule has 0 saturated carbocycles. The lowest BCUT2D eigenvalue weighted by Crippen LogP contribution is -2.41. The number of ether oxygens (including phenoxy) is 1. The number of nitrogens with one attached hydrogen (secondary N) is 1. The van der Waals surface area contributed by atoms with Crippen molar-refractivity contribution in [3.05, 3.63) is 0 Å². The van der Waals surface area contributed by atoms with E-state index in [-0.39, 0.29) is 0 Å². The van der Waals surface area contributed by atoms with E-state index in [1.54, 1.807) is 0 Å². The van der Waals surface area contributed by atoms with Crippen LogP contribution in [0.5, 0.6) is 0 Å². The molecule has 4 nitrogen and oxygen atoms in total. The van der Waals surface area contributed by atoms with E-state index in [4.69, 9.17) is 4.74 Å².